The SMILES string of the molecule is COc1cc(CC(N)CCCc2ccccc2)ncn1. The summed E-state index contributed by atoms with van der Waals surface area (Å²) >= 11 is 0. The van der Waals surface area contributed by atoms with Crippen molar-refractivity contribution in [1.82, 2.24) is 9.97 Å². The average Bonchev–Trinajstić information content (AvgIpc) is 2.48. The summed E-state index contributed by atoms with van der Waals surface area (Å²) in [6.07, 6.45) is 5.43. The van der Waals surface area contributed by atoms with Gasteiger partial charge >= 0.3 is 0 Å². The summed E-state index contributed by atoms with van der Waals surface area (Å²) in [5.41, 5.74) is 8.46. The van der Waals surface area contributed by atoms with Crippen molar-refractivity contribution in [2.75, 3.05) is 7.11 Å². The van der Waals surface area contributed by atoms with E-state index in [1.165, 1.54) is 11.9 Å². The third-order valence-electron chi connectivity index (χ3n) is 3.26. The monoisotopic (exact) mass is 271 g/mol. The Labute approximate surface area is 120 Å². The van der Waals surface area contributed by atoms with Crippen LogP contribution >= 0.6 is 0 Å². The van der Waals surface area contributed by atoms with Crippen LogP contribution in [-0.2, 0) is 12.8 Å². The van der Waals surface area contributed by atoms with E-state index in [2.05, 4.69) is 34.2 Å². The molecule has 106 valence electrons. The van der Waals surface area contributed by atoms with E-state index in [-0.39, 0.29) is 6.04 Å². The lowest BCUT2D eigenvalue weighted by Gasteiger charge is -2.11. The van der Waals surface area contributed by atoms with Crippen molar-refractivity contribution in [3.63, 3.8) is 0 Å². The second kappa shape index (κ2) is 7.60. The molecule has 1 aromatic heterocycles. The van der Waals surface area contributed by atoms with Crippen LogP contribution in [0.2, 0.25) is 0 Å². The smallest absolute Gasteiger partial charge is 0.216 e. The molecule has 1 atom stereocenters. The highest BCUT2D eigenvalue weighted by Crippen LogP contribution is 2.11. The summed E-state index contributed by atoms with van der Waals surface area (Å²) in [6, 6.07) is 12.5. The lowest BCUT2D eigenvalue weighted by atomic mass is 10.0. The summed E-state index contributed by atoms with van der Waals surface area (Å²) in [5, 5.41) is 0. The number of nitrogens with zero attached hydrogens (tertiary/aromatic N) is 2. The minimum absolute atomic E-state index is 0.123. The maximum absolute atomic E-state index is 6.16. The van der Waals surface area contributed by atoms with Crippen LogP contribution in [0.15, 0.2) is 42.7 Å². The Morgan fingerprint density at radius 3 is 2.75 bits per heavy atom. The number of rotatable bonds is 7. The van der Waals surface area contributed by atoms with Crippen LogP contribution in [0.1, 0.15) is 24.1 Å². The first-order valence-corrected chi connectivity index (χ1v) is 6.92. The zero-order valence-corrected chi connectivity index (χ0v) is 11.8. The number of aryl methyl sites for hydroxylation is 1. The van der Waals surface area contributed by atoms with E-state index in [1.807, 2.05) is 12.1 Å². The fourth-order valence-electron chi connectivity index (χ4n) is 2.18. The second-order valence-corrected chi connectivity index (χ2v) is 4.89. The molecule has 0 aliphatic rings. The third kappa shape index (κ3) is 4.63. The topological polar surface area (TPSA) is 61.0 Å². The van der Waals surface area contributed by atoms with Crippen LogP contribution in [0, 0.1) is 0 Å². The number of ether oxygens (including phenoxy) is 1. The number of hydrogen-bond donors (Lipinski definition) is 1. The molecule has 0 aliphatic carbocycles. The molecule has 2 rings (SSSR count). The predicted molar refractivity (Wildman–Crippen MR) is 79.6 cm³/mol. The lowest BCUT2D eigenvalue weighted by molar-refractivity contribution is 0.395. The minimum atomic E-state index is 0.123. The maximum Gasteiger partial charge on any atom is 0.216 e. The first kappa shape index (κ1) is 14.5. The highest BCUT2D eigenvalue weighted by molar-refractivity contribution is 5.15. The maximum atomic E-state index is 6.16. The van der Waals surface area contributed by atoms with Crippen LogP contribution in [0.25, 0.3) is 0 Å². The lowest BCUT2D eigenvalue weighted by Crippen LogP contribution is -2.23. The van der Waals surface area contributed by atoms with Gasteiger partial charge in [-0.15, -0.1) is 0 Å². The van der Waals surface area contributed by atoms with Crippen LogP contribution in [0.3, 0.4) is 0 Å². The van der Waals surface area contributed by atoms with Crippen molar-refractivity contribution >= 4 is 0 Å². The molecule has 4 heteroatoms. The van der Waals surface area contributed by atoms with Gasteiger partial charge in [0, 0.05) is 24.2 Å². The van der Waals surface area contributed by atoms with E-state index in [0.717, 1.165) is 31.4 Å². The average molecular weight is 271 g/mol. The molecule has 0 spiro atoms. The molecular formula is C16H21N3O. The summed E-state index contributed by atoms with van der Waals surface area (Å²) in [5.74, 6) is 0.589. The molecule has 0 bridgehead atoms. The van der Waals surface area contributed by atoms with E-state index in [9.17, 15) is 0 Å². The fourth-order valence-corrected chi connectivity index (χ4v) is 2.18. The molecule has 20 heavy (non-hydrogen) atoms. The number of benzene rings is 1. The first-order valence-electron chi connectivity index (χ1n) is 6.92. The highest BCUT2D eigenvalue weighted by atomic mass is 16.5. The molecule has 0 aliphatic heterocycles. The third-order valence-corrected chi connectivity index (χ3v) is 3.26. The summed E-state index contributed by atoms with van der Waals surface area (Å²) < 4.78 is 5.08. The molecular weight excluding hydrogens is 250 g/mol. The van der Waals surface area contributed by atoms with Gasteiger partial charge in [-0.05, 0) is 24.8 Å². The standard InChI is InChI=1S/C16H21N3O/c1-20-16-11-15(18-12-19-16)10-14(17)9-5-8-13-6-3-2-4-7-13/h2-4,6-7,11-12,14H,5,8-10,17H2,1H3. The van der Waals surface area contributed by atoms with E-state index in [4.69, 9.17) is 10.5 Å². The van der Waals surface area contributed by atoms with Gasteiger partial charge in [0.1, 0.15) is 6.33 Å². The molecule has 0 fully saturated rings. The minimum Gasteiger partial charge on any atom is -0.481 e. The molecule has 1 unspecified atom stereocenters. The van der Waals surface area contributed by atoms with Gasteiger partial charge in [-0.1, -0.05) is 30.3 Å². The van der Waals surface area contributed by atoms with Crippen molar-refractivity contribution in [3.05, 3.63) is 54.0 Å². The molecule has 1 aromatic carbocycles. The summed E-state index contributed by atoms with van der Waals surface area (Å²) in [4.78, 5) is 8.22. The van der Waals surface area contributed by atoms with Crippen molar-refractivity contribution in [2.45, 2.75) is 31.7 Å². The summed E-state index contributed by atoms with van der Waals surface area (Å²) in [6.45, 7) is 0. The normalized spacial score (nSPS) is 12.1. The Bertz CT molecular complexity index is 516. The van der Waals surface area contributed by atoms with Gasteiger partial charge in [0.05, 0.1) is 7.11 Å². The second-order valence-electron chi connectivity index (χ2n) is 4.89. The Morgan fingerprint density at radius 2 is 2.00 bits per heavy atom. The zero-order chi connectivity index (χ0) is 14.2. The van der Waals surface area contributed by atoms with Crippen molar-refractivity contribution in [2.24, 2.45) is 5.73 Å². The van der Waals surface area contributed by atoms with Gasteiger partial charge in [-0.25, -0.2) is 9.97 Å². The molecule has 0 radical (unpaired) electrons. The molecule has 4 nitrogen and oxygen atoms in total. The quantitative estimate of drug-likeness (QED) is 0.840. The van der Waals surface area contributed by atoms with E-state index < -0.39 is 0 Å². The largest absolute Gasteiger partial charge is 0.481 e. The fraction of sp³-hybridized carbons (Fsp3) is 0.375. The van der Waals surface area contributed by atoms with Gasteiger partial charge in [-0.3, -0.25) is 0 Å². The Hall–Kier alpha value is -1.94. The Kier molecular flexibility index (Phi) is 5.50. The highest BCUT2D eigenvalue weighted by Gasteiger charge is 2.07. The number of aromatic nitrogens is 2. The summed E-state index contributed by atoms with van der Waals surface area (Å²) in [7, 11) is 1.60. The molecule has 0 saturated heterocycles. The van der Waals surface area contributed by atoms with Gasteiger partial charge in [-0.2, -0.15) is 0 Å². The molecule has 0 amide bonds. The van der Waals surface area contributed by atoms with Gasteiger partial charge in [0.25, 0.3) is 0 Å². The Morgan fingerprint density at radius 1 is 1.20 bits per heavy atom. The number of methoxy groups -OCH3 is 1. The van der Waals surface area contributed by atoms with E-state index in [1.54, 1.807) is 7.11 Å². The van der Waals surface area contributed by atoms with Gasteiger partial charge < -0.3 is 10.5 Å². The van der Waals surface area contributed by atoms with Crippen LogP contribution in [-0.4, -0.2) is 23.1 Å². The predicted octanol–water partition coefficient (Wildman–Crippen LogP) is 2.38. The van der Waals surface area contributed by atoms with Gasteiger partial charge in [0.2, 0.25) is 5.88 Å². The van der Waals surface area contributed by atoms with Crippen molar-refractivity contribution in [3.8, 4) is 5.88 Å². The van der Waals surface area contributed by atoms with Crippen LogP contribution in [0.4, 0.5) is 0 Å². The van der Waals surface area contributed by atoms with E-state index in [0.29, 0.717) is 5.88 Å². The number of nitrogens with two attached hydrogens (primary N) is 1. The van der Waals surface area contributed by atoms with Crippen LogP contribution < -0.4 is 10.5 Å². The molecule has 0 saturated carbocycles. The Balaban J connectivity index is 1.76. The first-order chi connectivity index (χ1) is 9.78. The zero-order valence-electron chi connectivity index (χ0n) is 11.8. The number of hydrogen-bond acceptors (Lipinski definition) is 4. The van der Waals surface area contributed by atoms with Gasteiger partial charge in [0.15, 0.2) is 0 Å². The molecule has 2 aromatic rings. The van der Waals surface area contributed by atoms with Crippen molar-refractivity contribution in [1.29, 1.82) is 0 Å². The van der Waals surface area contributed by atoms with Crippen LogP contribution in [0.5, 0.6) is 5.88 Å². The molecule has 2 N–H and O–H groups in total. The van der Waals surface area contributed by atoms with Crippen molar-refractivity contribution < 1.29 is 4.74 Å². The molecule has 1 heterocycles. The van der Waals surface area contributed by atoms with E-state index >= 15 is 0 Å².